The Morgan fingerprint density at radius 1 is 0.705 bits per heavy atom. The number of aliphatic carboxylic acids is 2. The number of carbonyl (C=O) groups excluding carboxylic acids is 1. The number of rotatable bonds is 22. The van der Waals surface area contributed by atoms with Crippen LogP contribution in [0.5, 0.6) is 0 Å². The number of fused-ring (bicyclic) bond motifs is 1. The molecular weight excluding hydrogens is 580 g/mol. The smallest absolute Gasteiger partial charge is 0.336 e. The predicted molar refractivity (Wildman–Crippen MR) is 173 cm³/mol. The minimum Gasteiger partial charge on any atom is -0.480 e. The van der Waals surface area contributed by atoms with Crippen LogP contribution in [0.15, 0.2) is 60.7 Å². The molecular formula is C36H45ClO7. The molecule has 7 nitrogen and oxygen atoms in total. The number of carboxylic acids is 2. The summed E-state index contributed by atoms with van der Waals surface area (Å²) in [6, 6.07) is 21.0. The number of hydrogen-bond donors (Lipinski definition) is 2. The van der Waals surface area contributed by atoms with Gasteiger partial charge in [0, 0.05) is 18.1 Å². The lowest BCUT2D eigenvalue weighted by Gasteiger charge is -2.23. The van der Waals surface area contributed by atoms with E-state index in [0.29, 0.717) is 12.8 Å². The molecule has 0 amide bonds. The highest BCUT2D eigenvalue weighted by molar-refractivity contribution is 6.31. The van der Waals surface area contributed by atoms with Gasteiger partial charge in [0.25, 0.3) is 0 Å². The third-order valence-electron chi connectivity index (χ3n) is 7.82. The average molecular weight is 625 g/mol. The van der Waals surface area contributed by atoms with Gasteiger partial charge in [0.1, 0.15) is 6.61 Å². The number of carbonyl (C=O) groups is 3. The van der Waals surface area contributed by atoms with Crippen LogP contribution in [0.4, 0.5) is 0 Å². The van der Waals surface area contributed by atoms with Crippen molar-refractivity contribution in [2.75, 3.05) is 13.2 Å². The Balaban J connectivity index is 1.37. The number of benzene rings is 3. The molecule has 0 saturated heterocycles. The Kier molecular flexibility index (Phi) is 15.4. The summed E-state index contributed by atoms with van der Waals surface area (Å²) in [4.78, 5) is 35.9. The highest BCUT2D eigenvalue weighted by atomic mass is 35.5. The molecule has 0 heterocycles. The van der Waals surface area contributed by atoms with Gasteiger partial charge in [0.05, 0.1) is 0 Å². The number of carboxylic acid groups (broad SMARTS) is 2. The normalized spacial score (nSPS) is 12.7. The zero-order chi connectivity index (χ0) is 31.7. The molecule has 8 heteroatoms. The summed E-state index contributed by atoms with van der Waals surface area (Å²) in [5, 5.41) is 21.9. The largest absolute Gasteiger partial charge is 0.480 e. The van der Waals surface area contributed by atoms with E-state index in [2.05, 4.69) is 42.5 Å². The first kappa shape index (κ1) is 35.2. The van der Waals surface area contributed by atoms with Gasteiger partial charge in [0.2, 0.25) is 0 Å². The number of Topliss-reactive ketones (excluding diaryl/α,β-unsaturated/α-hetero) is 1. The van der Waals surface area contributed by atoms with Crippen molar-refractivity contribution < 1.29 is 34.1 Å². The molecule has 0 aliphatic heterocycles. The summed E-state index contributed by atoms with van der Waals surface area (Å²) in [7, 11) is 0. The van der Waals surface area contributed by atoms with Crippen LogP contribution in [0.25, 0.3) is 10.8 Å². The van der Waals surface area contributed by atoms with Gasteiger partial charge in [-0.15, -0.1) is 0 Å². The van der Waals surface area contributed by atoms with Gasteiger partial charge in [0.15, 0.2) is 18.0 Å². The number of ketones is 1. The Hall–Kier alpha value is -3.26. The average Bonchev–Trinajstić information content (AvgIpc) is 3.00. The molecule has 0 fully saturated rings. The number of halogens is 1. The molecule has 44 heavy (non-hydrogen) atoms. The minimum atomic E-state index is -1.66. The van der Waals surface area contributed by atoms with Crippen LogP contribution in [-0.4, -0.2) is 53.4 Å². The van der Waals surface area contributed by atoms with E-state index in [4.69, 9.17) is 26.2 Å². The lowest BCUT2D eigenvalue weighted by atomic mass is 10.00. The first-order valence-corrected chi connectivity index (χ1v) is 16.1. The summed E-state index contributed by atoms with van der Waals surface area (Å²) < 4.78 is 10.8. The molecule has 3 rings (SSSR count). The fourth-order valence-corrected chi connectivity index (χ4v) is 5.48. The van der Waals surface area contributed by atoms with Crippen LogP contribution in [0.2, 0.25) is 5.02 Å². The van der Waals surface area contributed by atoms with Crippen molar-refractivity contribution in [3.63, 3.8) is 0 Å². The van der Waals surface area contributed by atoms with Crippen molar-refractivity contribution in [2.45, 2.75) is 96.2 Å². The minimum absolute atomic E-state index is 0.163. The molecule has 0 spiro atoms. The number of ether oxygens (including phenoxy) is 2. The van der Waals surface area contributed by atoms with Crippen LogP contribution in [0, 0.1) is 6.92 Å². The van der Waals surface area contributed by atoms with Crippen molar-refractivity contribution >= 4 is 40.1 Å². The van der Waals surface area contributed by atoms with E-state index in [1.54, 1.807) is 0 Å². The maximum absolute atomic E-state index is 13.1. The molecule has 2 atom stereocenters. The SMILES string of the molecule is Cc1ccc(CCCCCO[C@@H](C(=O)CCCCCCCCc2ccc3ccccc3c2)[C@@H](OCC(=O)O)C(=O)O)cc1Cl. The summed E-state index contributed by atoms with van der Waals surface area (Å²) in [5.41, 5.74) is 3.52. The van der Waals surface area contributed by atoms with E-state index in [0.717, 1.165) is 73.9 Å². The Morgan fingerprint density at radius 2 is 1.32 bits per heavy atom. The molecule has 0 radical (unpaired) electrons. The standard InChI is InChI=1S/C36H45ClO7/c1-26-18-19-28(24-31(26)37)14-8-6-12-22-43-34(35(36(41)42)44-25-33(39)40)32(38)17-9-5-3-2-4-7-13-27-20-21-29-15-10-11-16-30(29)23-27/h10-11,15-16,18-21,23-24,34-35H,2-9,12-14,17,22,25H2,1H3,(H,39,40)(H,41,42)/t34-,35+/m0/s1. The topological polar surface area (TPSA) is 110 Å². The molecule has 0 aliphatic carbocycles. The number of hydrogen-bond acceptors (Lipinski definition) is 5. The summed E-state index contributed by atoms with van der Waals surface area (Å²) >= 11 is 6.20. The van der Waals surface area contributed by atoms with Gasteiger partial charge in [-0.25, -0.2) is 9.59 Å². The zero-order valence-corrected chi connectivity index (χ0v) is 26.4. The van der Waals surface area contributed by atoms with Gasteiger partial charge in [-0.2, -0.15) is 0 Å². The summed E-state index contributed by atoms with van der Waals surface area (Å²) in [6.45, 7) is 1.33. The van der Waals surface area contributed by atoms with Crippen LogP contribution in [-0.2, 0) is 36.7 Å². The Labute approximate surface area is 265 Å². The first-order chi connectivity index (χ1) is 21.2. The molecule has 238 valence electrons. The fraction of sp³-hybridized carbons (Fsp3) is 0.472. The van der Waals surface area contributed by atoms with Gasteiger partial charge in [-0.1, -0.05) is 98.3 Å². The monoisotopic (exact) mass is 624 g/mol. The molecule has 0 unspecified atom stereocenters. The van der Waals surface area contributed by atoms with Crippen molar-refractivity contribution in [1.82, 2.24) is 0 Å². The highest BCUT2D eigenvalue weighted by Gasteiger charge is 2.35. The predicted octanol–water partition coefficient (Wildman–Crippen LogP) is 8.00. The van der Waals surface area contributed by atoms with Crippen molar-refractivity contribution in [2.24, 2.45) is 0 Å². The highest BCUT2D eigenvalue weighted by Crippen LogP contribution is 2.20. The molecule has 0 aliphatic rings. The Bertz CT molecular complexity index is 1360. The second-order valence-corrected chi connectivity index (χ2v) is 11.8. The van der Waals surface area contributed by atoms with Gasteiger partial charge >= 0.3 is 11.9 Å². The van der Waals surface area contributed by atoms with Crippen molar-refractivity contribution in [3.05, 3.63) is 82.4 Å². The second-order valence-electron chi connectivity index (χ2n) is 11.4. The quantitative estimate of drug-likeness (QED) is 0.109. The molecule has 0 saturated carbocycles. The van der Waals surface area contributed by atoms with E-state index in [-0.39, 0.29) is 18.8 Å². The van der Waals surface area contributed by atoms with E-state index < -0.39 is 30.8 Å². The second kappa shape index (κ2) is 19.2. The lowest BCUT2D eigenvalue weighted by molar-refractivity contribution is -0.172. The summed E-state index contributed by atoms with van der Waals surface area (Å²) in [6.07, 6.45) is 7.12. The fourth-order valence-electron chi connectivity index (χ4n) is 5.28. The zero-order valence-electron chi connectivity index (χ0n) is 25.6. The third kappa shape index (κ3) is 12.4. The van der Waals surface area contributed by atoms with Crippen molar-refractivity contribution in [3.8, 4) is 0 Å². The maximum Gasteiger partial charge on any atom is 0.336 e. The maximum atomic E-state index is 13.1. The van der Waals surface area contributed by atoms with E-state index in [1.165, 1.54) is 16.3 Å². The van der Waals surface area contributed by atoms with Crippen LogP contribution < -0.4 is 0 Å². The molecule has 3 aromatic rings. The molecule has 0 aromatic heterocycles. The Morgan fingerprint density at radius 3 is 2.00 bits per heavy atom. The molecule has 2 N–H and O–H groups in total. The summed E-state index contributed by atoms with van der Waals surface area (Å²) in [5.74, 6) is -3.08. The van der Waals surface area contributed by atoms with E-state index in [9.17, 15) is 19.5 Å². The van der Waals surface area contributed by atoms with E-state index in [1.807, 2.05) is 25.1 Å². The third-order valence-corrected chi connectivity index (χ3v) is 8.23. The van der Waals surface area contributed by atoms with E-state index >= 15 is 0 Å². The first-order valence-electron chi connectivity index (χ1n) is 15.7. The van der Waals surface area contributed by atoms with Crippen LogP contribution in [0.3, 0.4) is 0 Å². The number of unbranched alkanes of at least 4 members (excludes halogenated alkanes) is 7. The van der Waals surface area contributed by atoms with Gasteiger partial charge in [-0.05, 0) is 79.0 Å². The van der Waals surface area contributed by atoms with Crippen molar-refractivity contribution in [1.29, 1.82) is 0 Å². The van der Waals surface area contributed by atoms with Gasteiger partial charge < -0.3 is 19.7 Å². The molecule has 0 bridgehead atoms. The molecule has 3 aromatic carbocycles. The van der Waals surface area contributed by atoms with Crippen LogP contribution in [0.1, 0.15) is 80.9 Å². The van der Waals surface area contributed by atoms with Crippen LogP contribution >= 0.6 is 11.6 Å². The number of aryl methyl sites for hydroxylation is 3. The van der Waals surface area contributed by atoms with Gasteiger partial charge in [-0.3, -0.25) is 4.79 Å². The lowest BCUT2D eigenvalue weighted by Crippen LogP contribution is -2.44.